The number of halogens is 1. The Balaban J connectivity index is 1.66. The smallest absolute Gasteiger partial charge is 0.290 e. The maximum Gasteiger partial charge on any atom is 0.290 e. The molecule has 40 heavy (non-hydrogen) atoms. The number of hydrogen-bond donors (Lipinski definition) is 2. The van der Waals surface area contributed by atoms with Crippen molar-refractivity contribution in [2.75, 3.05) is 5.32 Å². The molecule has 0 amide bonds. The predicted octanol–water partition coefficient (Wildman–Crippen LogP) is 3.26. The first-order valence-electron chi connectivity index (χ1n) is 12.6. The summed E-state index contributed by atoms with van der Waals surface area (Å²) in [6, 6.07) is 8.05. The Morgan fingerprint density at radius 1 is 1.02 bits per heavy atom. The molecule has 0 unspecified atom stereocenters. The highest BCUT2D eigenvalue weighted by Crippen LogP contribution is 2.29. The van der Waals surface area contributed by atoms with Gasteiger partial charge in [0.15, 0.2) is 11.6 Å². The molecule has 0 aliphatic rings. The van der Waals surface area contributed by atoms with E-state index >= 15 is 4.39 Å². The number of benzene rings is 1. The minimum Gasteiger partial charge on any atom is -0.392 e. The lowest BCUT2D eigenvalue weighted by Crippen LogP contribution is -2.25. The van der Waals surface area contributed by atoms with Crippen LogP contribution in [0.25, 0.3) is 27.8 Å². The fraction of sp³-hybridized carbons (Fsp3) is 0.286. The molecule has 0 atom stereocenters. The third-order valence-electron chi connectivity index (χ3n) is 6.81. The third-order valence-corrected chi connectivity index (χ3v) is 6.81. The topological polar surface area (TPSA) is 133 Å². The fourth-order valence-corrected chi connectivity index (χ4v) is 4.47. The zero-order valence-electron chi connectivity index (χ0n) is 23.0. The number of aryl methyl sites for hydroxylation is 3. The van der Waals surface area contributed by atoms with E-state index in [-0.39, 0.29) is 33.4 Å². The molecule has 4 heterocycles. The van der Waals surface area contributed by atoms with Gasteiger partial charge in [0, 0.05) is 48.6 Å². The van der Waals surface area contributed by atoms with Crippen molar-refractivity contribution in [3.8, 4) is 17.1 Å². The lowest BCUT2D eigenvalue weighted by molar-refractivity contribution is 0.281. The van der Waals surface area contributed by atoms with Gasteiger partial charge < -0.3 is 10.4 Å². The first-order valence-corrected chi connectivity index (χ1v) is 12.6. The summed E-state index contributed by atoms with van der Waals surface area (Å²) in [6.07, 6.45) is 2.84. The summed E-state index contributed by atoms with van der Waals surface area (Å²) in [7, 11) is 3.30. The summed E-state index contributed by atoms with van der Waals surface area (Å²) in [6.45, 7) is 7.23. The standard InChI is InChI=1S/C28H29FN8O3/c1-15-9-23(34-35(15)5)32-22-12-21(33-36(6)26(22)39)18-7-8-30-25(19(18)14-38)37-27(40)24-16(13-31-37)10-17(11-20(24)29)28(2,3)4/h7-13,38H,14H2,1-6H3,(H,32,34). The van der Waals surface area contributed by atoms with Gasteiger partial charge in [-0.3, -0.25) is 14.3 Å². The van der Waals surface area contributed by atoms with E-state index < -0.39 is 18.0 Å². The lowest BCUT2D eigenvalue weighted by Gasteiger charge is -2.20. The van der Waals surface area contributed by atoms with Gasteiger partial charge in [-0.25, -0.2) is 14.1 Å². The fourth-order valence-electron chi connectivity index (χ4n) is 4.47. The van der Waals surface area contributed by atoms with Gasteiger partial charge in [-0.2, -0.15) is 20.0 Å². The number of rotatable bonds is 5. The number of aliphatic hydroxyl groups excluding tert-OH is 1. The Kier molecular flexibility index (Phi) is 6.58. The van der Waals surface area contributed by atoms with Crippen molar-refractivity contribution in [3.05, 3.63) is 86.1 Å². The van der Waals surface area contributed by atoms with Crippen molar-refractivity contribution in [3.63, 3.8) is 0 Å². The second kappa shape index (κ2) is 9.79. The normalized spacial score (nSPS) is 11.8. The third kappa shape index (κ3) is 4.66. The highest BCUT2D eigenvalue weighted by Gasteiger charge is 2.22. The molecule has 5 aromatic rings. The zero-order chi connectivity index (χ0) is 28.9. The van der Waals surface area contributed by atoms with Crippen LogP contribution in [-0.2, 0) is 26.1 Å². The molecule has 2 N–H and O–H groups in total. The first kappa shape index (κ1) is 26.9. The molecule has 0 saturated heterocycles. The highest BCUT2D eigenvalue weighted by molar-refractivity contribution is 5.82. The highest BCUT2D eigenvalue weighted by atomic mass is 19.1. The average Bonchev–Trinajstić information content (AvgIpc) is 3.21. The van der Waals surface area contributed by atoms with Crippen molar-refractivity contribution in [1.82, 2.24) is 34.3 Å². The number of nitrogens with one attached hydrogen (secondary N) is 1. The quantitative estimate of drug-likeness (QED) is 0.345. The second-order valence-electron chi connectivity index (χ2n) is 10.6. The van der Waals surface area contributed by atoms with E-state index in [4.69, 9.17) is 0 Å². The van der Waals surface area contributed by atoms with Crippen molar-refractivity contribution in [2.45, 2.75) is 39.7 Å². The molecule has 1 aromatic carbocycles. The summed E-state index contributed by atoms with van der Waals surface area (Å²) >= 11 is 0. The van der Waals surface area contributed by atoms with Crippen LogP contribution in [-0.4, -0.2) is 39.4 Å². The van der Waals surface area contributed by atoms with Crippen LogP contribution < -0.4 is 16.4 Å². The number of aliphatic hydroxyl groups is 1. The molecule has 0 aliphatic heterocycles. The zero-order valence-corrected chi connectivity index (χ0v) is 23.0. The number of hydrogen-bond acceptors (Lipinski definition) is 8. The maximum absolute atomic E-state index is 15.2. The molecule has 5 rings (SSSR count). The molecule has 0 saturated carbocycles. The van der Waals surface area contributed by atoms with Gasteiger partial charge >= 0.3 is 0 Å². The minimum absolute atomic E-state index is 0.0247. The van der Waals surface area contributed by atoms with Gasteiger partial charge in [-0.15, -0.1) is 0 Å². The molecule has 206 valence electrons. The van der Waals surface area contributed by atoms with Gasteiger partial charge in [0.25, 0.3) is 11.1 Å². The molecular weight excluding hydrogens is 515 g/mol. The summed E-state index contributed by atoms with van der Waals surface area (Å²) in [4.78, 5) is 30.6. The van der Waals surface area contributed by atoms with Crippen LogP contribution >= 0.6 is 0 Å². The second-order valence-corrected chi connectivity index (χ2v) is 10.6. The van der Waals surface area contributed by atoms with E-state index in [9.17, 15) is 14.7 Å². The number of fused-ring (bicyclic) bond motifs is 1. The van der Waals surface area contributed by atoms with E-state index in [2.05, 4.69) is 25.6 Å². The Bertz CT molecular complexity index is 1880. The number of nitrogens with zero attached hydrogens (tertiary/aromatic N) is 7. The minimum atomic E-state index is -0.712. The molecule has 4 aromatic heterocycles. The van der Waals surface area contributed by atoms with Crippen LogP contribution in [0, 0.1) is 12.7 Å². The van der Waals surface area contributed by atoms with E-state index in [0.717, 1.165) is 20.6 Å². The molecule has 0 radical (unpaired) electrons. The van der Waals surface area contributed by atoms with Gasteiger partial charge in [-0.05, 0) is 42.2 Å². The maximum atomic E-state index is 15.2. The summed E-state index contributed by atoms with van der Waals surface area (Å²) < 4.78 is 19.0. The van der Waals surface area contributed by atoms with E-state index in [1.807, 2.05) is 27.7 Å². The van der Waals surface area contributed by atoms with Crippen LogP contribution in [0.1, 0.15) is 37.6 Å². The predicted molar refractivity (Wildman–Crippen MR) is 149 cm³/mol. The molecule has 0 aliphatic carbocycles. The van der Waals surface area contributed by atoms with Gasteiger partial charge in [-0.1, -0.05) is 20.8 Å². The van der Waals surface area contributed by atoms with E-state index in [0.29, 0.717) is 22.5 Å². The lowest BCUT2D eigenvalue weighted by atomic mass is 9.86. The largest absolute Gasteiger partial charge is 0.392 e. The number of aromatic nitrogens is 7. The van der Waals surface area contributed by atoms with Crippen molar-refractivity contribution in [2.24, 2.45) is 14.1 Å². The van der Waals surface area contributed by atoms with Gasteiger partial charge in [0.2, 0.25) is 0 Å². The Morgan fingerprint density at radius 3 is 2.42 bits per heavy atom. The van der Waals surface area contributed by atoms with E-state index in [1.54, 1.807) is 29.9 Å². The van der Waals surface area contributed by atoms with Crippen LogP contribution in [0.15, 0.2) is 52.3 Å². The Morgan fingerprint density at radius 2 is 1.77 bits per heavy atom. The van der Waals surface area contributed by atoms with Crippen LogP contribution in [0.3, 0.4) is 0 Å². The summed E-state index contributed by atoms with van der Waals surface area (Å²) in [5.74, 6) is -0.155. The molecular formula is C28H29FN8O3. The van der Waals surface area contributed by atoms with Gasteiger partial charge in [0.05, 0.1) is 23.9 Å². The van der Waals surface area contributed by atoms with Crippen LogP contribution in [0.4, 0.5) is 15.9 Å². The molecule has 12 heteroatoms. The number of anilines is 2. The van der Waals surface area contributed by atoms with E-state index in [1.165, 1.54) is 31.6 Å². The summed E-state index contributed by atoms with van der Waals surface area (Å²) in [5, 5.41) is 26.6. The molecule has 11 nitrogen and oxygen atoms in total. The Hall–Kier alpha value is -4.71. The van der Waals surface area contributed by atoms with Crippen LogP contribution in [0.5, 0.6) is 0 Å². The van der Waals surface area contributed by atoms with Crippen molar-refractivity contribution >= 4 is 22.3 Å². The Labute approximate surface area is 228 Å². The molecule has 0 spiro atoms. The molecule has 0 bridgehead atoms. The first-order chi connectivity index (χ1) is 18.9. The monoisotopic (exact) mass is 544 g/mol. The molecule has 0 fully saturated rings. The van der Waals surface area contributed by atoms with Crippen molar-refractivity contribution < 1.29 is 9.50 Å². The van der Waals surface area contributed by atoms with Crippen molar-refractivity contribution in [1.29, 1.82) is 0 Å². The number of pyridine rings is 1. The SMILES string of the molecule is Cc1cc(Nc2cc(-c3ccnc(-n4ncc5cc(C(C)(C)C)cc(F)c5c4=O)c3CO)nn(C)c2=O)nn1C. The van der Waals surface area contributed by atoms with Gasteiger partial charge in [0.1, 0.15) is 11.5 Å². The summed E-state index contributed by atoms with van der Waals surface area (Å²) in [5.41, 5.74) is 1.41. The van der Waals surface area contributed by atoms with Crippen LogP contribution in [0.2, 0.25) is 0 Å². The average molecular weight is 545 g/mol.